The third-order valence-electron chi connectivity index (χ3n) is 3.48. The number of aryl methyl sites for hydroxylation is 1. The van der Waals surface area contributed by atoms with Crippen molar-refractivity contribution in [2.45, 2.75) is 20.3 Å². The first kappa shape index (κ1) is 20.4. The van der Waals surface area contributed by atoms with E-state index >= 15 is 0 Å². The molecule has 1 aromatic heterocycles. The molecule has 2 N–H and O–H groups in total. The van der Waals surface area contributed by atoms with Crippen LogP contribution in [0.25, 0.3) is 11.6 Å². The fourth-order valence-electron chi connectivity index (χ4n) is 2.24. The summed E-state index contributed by atoms with van der Waals surface area (Å²) < 4.78 is 5.10. The van der Waals surface area contributed by atoms with Crippen LogP contribution in [0.3, 0.4) is 0 Å². The number of carbonyl (C=O) groups excluding carboxylic acids is 3. The monoisotopic (exact) mass is 386 g/mol. The highest BCUT2D eigenvalue weighted by Crippen LogP contribution is 2.24. The van der Waals surface area contributed by atoms with Crippen LogP contribution in [-0.4, -0.2) is 31.1 Å². The molecule has 6 nitrogen and oxygen atoms in total. The van der Waals surface area contributed by atoms with E-state index < -0.39 is 24.5 Å². The van der Waals surface area contributed by atoms with Gasteiger partial charge in [-0.2, -0.15) is 0 Å². The molecular formula is C20H22N2O4S. The first-order valence-electron chi connectivity index (χ1n) is 8.56. The molecule has 0 radical (unpaired) electrons. The minimum absolute atomic E-state index is 0.360. The van der Waals surface area contributed by atoms with E-state index in [0.29, 0.717) is 12.1 Å². The van der Waals surface area contributed by atoms with Crippen LogP contribution in [0.4, 0.5) is 4.79 Å². The third-order valence-corrected chi connectivity index (χ3v) is 4.39. The molecule has 0 unspecified atom stereocenters. The Balaban J connectivity index is 2.05. The Morgan fingerprint density at radius 3 is 2.67 bits per heavy atom. The average Bonchev–Trinajstić information content (AvgIpc) is 3.17. The van der Waals surface area contributed by atoms with E-state index in [4.69, 9.17) is 4.74 Å². The second-order valence-electron chi connectivity index (χ2n) is 5.83. The summed E-state index contributed by atoms with van der Waals surface area (Å²) in [5.41, 5.74) is 2.29. The lowest BCUT2D eigenvalue weighted by Gasteiger charge is -2.08. The number of amides is 3. The minimum Gasteiger partial charge on any atom is -0.452 e. The van der Waals surface area contributed by atoms with Crippen molar-refractivity contribution >= 4 is 40.9 Å². The van der Waals surface area contributed by atoms with E-state index in [1.807, 2.05) is 55.6 Å². The van der Waals surface area contributed by atoms with Crippen LogP contribution in [0.2, 0.25) is 0 Å². The lowest BCUT2D eigenvalue weighted by atomic mass is 10.1. The van der Waals surface area contributed by atoms with Gasteiger partial charge in [0.25, 0.3) is 5.91 Å². The van der Waals surface area contributed by atoms with Crippen LogP contribution >= 0.6 is 11.3 Å². The maximum atomic E-state index is 12.5. The van der Waals surface area contributed by atoms with Gasteiger partial charge in [-0.1, -0.05) is 42.8 Å². The molecule has 27 heavy (non-hydrogen) atoms. The van der Waals surface area contributed by atoms with Gasteiger partial charge in [0.2, 0.25) is 0 Å². The van der Waals surface area contributed by atoms with Gasteiger partial charge in [0.1, 0.15) is 0 Å². The Morgan fingerprint density at radius 2 is 2.00 bits per heavy atom. The van der Waals surface area contributed by atoms with Gasteiger partial charge in [0, 0.05) is 11.4 Å². The highest BCUT2D eigenvalue weighted by Gasteiger charge is 2.17. The Morgan fingerprint density at radius 1 is 1.19 bits per heavy atom. The smallest absolute Gasteiger partial charge is 0.340 e. The van der Waals surface area contributed by atoms with Crippen molar-refractivity contribution in [3.05, 3.63) is 57.8 Å². The zero-order chi connectivity index (χ0) is 19.6. The van der Waals surface area contributed by atoms with Crippen molar-refractivity contribution in [2.75, 3.05) is 13.2 Å². The van der Waals surface area contributed by atoms with E-state index in [1.165, 1.54) is 11.3 Å². The Bertz CT molecular complexity index is 828. The maximum absolute atomic E-state index is 12.5. The summed E-state index contributed by atoms with van der Waals surface area (Å²) in [6, 6.07) is 10.7. The molecule has 1 heterocycles. The molecule has 0 saturated carbocycles. The number of thiophene rings is 1. The molecule has 2 aromatic rings. The molecule has 7 heteroatoms. The number of nitrogens with one attached hydrogen (secondary N) is 2. The maximum Gasteiger partial charge on any atom is 0.340 e. The molecule has 1 aromatic carbocycles. The molecule has 0 aliphatic heterocycles. The number of carbonyl (C=O) groups is 3. The molecule has 0 aliphatic rings. The second kappa shape index (κ2) is 10.3. The second-order valence-corrected chi connectivity index (χ2v) is 6.78. The molecular weight excluding hydrogens is 364 g/mol. The summed E-state index contributed by atoms with van der Waals surface area (Å²) in [5, 5.41) is 6.49. The third kappa shape index (κ3) is 6.71. The van der Waals surface area contributed by atoms with Gasteiger partial charge in [-0.25, -0.2) is 9.59 Å². The summed E-state index contributed by atoms with van der Waals surface area (Å²) in [6.45, 7) is 3.79. The molecule has 0 bridgehead atoms. The van der Waals surface area contributed by atoms with Gasteiger partial charge in [-0.3, -0.25) is 10.1 Å². The summed E-state index contributed by atoms with van der Waals surface area (Å²) >= 11 is 1.40. The zero-order valence-electron chi connectivity index (χ0n) is 15.3. The largest absolute Gasteiger partial charge is 0.452 e. The lowest BCUT2D eigenvalue weighted by Crippen LogP contribution is -2.41. The van der Waals surface area contributed by atoms with Gasteiger partial charge >= 0.3 is 12.0 Å². The Kier molecular flexibility index (Phi) is 7.76. The molecule has 0 aliphatic carbocycles. The van der Waals surface area contributed by atoms with Gasteiger partial charge < -0.3 is 10.1 Å². The summed E-state index contributed by atoms with van der Waals surface area (Å²) in [5.74, 6) is -1.30. The minimum atomic E-state index is -0.682. The van der Waals surface area contributed by atoms with E-state index in [1.54, 1.807) is 6.08 Å². The summed E-state index contributed by atoms with van der Waals surface area (Å²) in [4.78, 5) is 36.5. The predicted molar refractivity (Wildman–Crippen MR) is 106 cm³/mol. The van der Waals surface area contributed by atoms with E-state index in [0.717, 1.165) is 22.4 Å². The van der Waals surface area contributed by atoms with E-state index in [2.05, 4.69) is 10.6 Å². The van der Waals surface area contributed by atoms with Crippen LogP contribution in [0.5, 0.6) is 0 Å². The predicted octanol–water partition coefficient (Wildman–Crippen LogP) is 3.38. The van der Waals surface area contributed by atoms with Crippen molar-refractivity contribution in [1.82, 2.24) is 10.6 Å². The van der Waals surface area contributed by atoms with Crippen LogP contribution < -0.4 is 10.6 Å². The molecule has 2 rings (SSSR count). The summed E-state index contributed by atoms with van der Waals surface area (Å²) in [6.07, 6.45) is 2.48. The molecule has 0 atom stereocenters. The molecule has 0 saturated heterocycles. The number of hydrogen-bond acceptors (Lipinski definition) is 5. The highest BCUT2D eigenvalue weighted by atomic mass is 32.1. The lowest BCUT2D eigenvalue weighted by molar-refractivity contribution is -0.142. The first-order chi connectivity index (χ1) is 13.0. The average molecular weight is 386 g/mol. The van der Waals surface area contributed by atoms with Crippen LogP contribution in [0.1, 0.15) is 29.3 Å². The molecule has 0 fully saturated rings. The molecule has 142 valence electrons. The topological polar surface area (TPSA) is 84.5 Å². The van der Waals surface area contributed by atoms with Crippen molar-refractivity contribution in [1.29, 1.82) is 0 Å². The number of urea groups is 1. The normalized spacial score (nSPS) is 11.0. The molecule has 0 spiro atoms. The zero-order valence-corrected chi connectivity index (χ0v) is 16.1. The number of benzene rings is 1. The van der Waals surface area contributed by atoms with Gasteiger partial charge in [0.05, 0.1) is 5.57 Å². The van der Waals surface area contributed by atoms with Crippen molar-refractivity contribution in [3.8, 4) is 0 Å². The van der Waals surface area contributed by atoms with Crippen molar-refractivity contribution in [2.24, 2.45) is 0 Å². The van der Waals surface area contributed by atoms with Gasteiger partial charge in [0.15, 0.2) is 6.61 Å². The van der Waals surface area contributed by atoms with Crippen molar-refractivity contribution in [3.63, 3.8) is 0 Å². The van der Waals surface area contributed by atoms with Crippen LogP contribution in [0, 0.1) is 6.92 Å². The van der Waals surface area contributed by atoms with Crippen LogP contribution in [0.15, 0.2) is 41.8 Å². The molecule has 3 amide bonds. The van der Waals surface area contributed by atoms with E-state index in [9.17, 15) is 14.4 Å². The highest BCUT2D eigenvalue weighted by molar-refractivity contribution is 7.11. The quantitative estimate of drug-likeness (QED) is 0.564. The Labute approximate surface area is 162 Å². The summed E-state index contributed by atoms with van der Waals surface area (Å²) in [7, 11) is 0. The van der Waals surface area contributed by atoms with Crippen LogP contribution in [-0.2, 0) is 14.3 Å². The van der Waals surface area contributed by atoms with Crippen molar-refractivity contribution < 1.29 is 19.1 Å². The number of hydrogen-bond donors (Lipinski definition) is 2. The SMILES string of the molecule is CCCNC(=O)NC(=O)COC(=O)/C(=C/c1cccc(C)c1)c1cccs1. The first-order valence-corrected chi connectivity index (χ1v) is 9.44. The number of imide groups is 1. The Hall–Kier alpha value is -2.93. The standard InChI is InChI=1S/C20H22N2O4S/c1-3-9-21-20(25)22-18(23)13-26-19(24)16(17-8-5-10-27-17)12-15-7-4-6-14(2)11-15/h4-8,10-12H,3,9,13H2,1-2H3,(H2,21,22,23,25)/b16-12+. The fourth-order valence-corrected chi connectivity index (χ4v) is 2.97. The van der Waals surface area contributed by atoms with Gasteiger partial charge in [-0.15, -0.1) is 11.3 Å². The number of rotatable bonds is 7. The fraction of sp³-hybridized carbons (Fsp3) is 0.250. The van der Waals surface area contributed by atoms with E-state index in [-0.39, 0.29) is 0 Å². The number of ether oxygens (including phenoxy) is 1. The number of esters is 1. The van der Waals surface area contributed by atoms with Gasteiger partial charge in [-0.05, 0) is 36.4 Å².